The molecule has 3 aromatic heterocycles. The van der Waals surface area contributed by atoms with Crippen LogP contribution in [0.25, 0.3) is 11.0 Å². The van der Waals surface area contributed by atoms with E-state index in [0.29, 0.717) is 18.2 Å². The number of carbonyl (C=O) groups is 1. The normalized spacial score (nSPS) is 13.9. The maximum atomic E-state index is 12.3. The van der Waals surface area contributed by atoms with Crippen molar-refractivity contribution in [2.24, 2.45) is 7.05 Å². The van der Waals surface area contributed by atoms with E-state index >= 15 is 0 Å². The third kappa shape index (κ3) is 3.84. The number of anilines is 1. The predicted octanol–water partition coefficient (Wildman–Crippen LogP) is 1.28. The van der Waals surface area contributed by atoms with E-state index in [9.17, 15) is 9.59 Å². The maximum Gasteiger partial charge on any atom is 0.263 e. The largest absolute Gasteiger partial charge is 0.356 e. The van der Waals surface area contributed by atoms with Crippen LogP contribution < -0.4 is 15.8 Å². The van der Waals surface area contributed by atoms with Crippen molar-refractivity contribution in [1.29, 1.82) is 0 Å². The van der Waals surface area contributed by atoms with Crippen LogP contribution in [0.3, 0.4) is 0 Å². The third-order valence-electron chi connectivity index (χ3n) is 5.02. The van der Waals surface area contributed by atoms with E-state index in [4.69, 9.17) is 4.98 Å². The van der Waals surface area contributed by atoms with Crippen molar-refractivity contribution in [3.05, 3.63) is 40.4 Å². The lowest BCUT2D eigenvalue weighted by molar-refractivity contribution is 0.0950. The molecule has 0 unspecified atom stereocenters. The van der Waals surface area contributed by atoms with Gasteiger partial charge >= 0.3 is 0 Å². The van der Waals surface area contributed by atoms with Crippen LogP contribution >= 0.6 is 11.8 Å². The molecule has 4 rings (SSSR count). The van der Waals surface area contributed by atoms with Gasteiger partial charge in [0.05, 0.1) is 18.1 Å². The van der Waals surface area contributed by atoms with Crippen LogP contribution in [0.1, 0.15) is 23.2 Å². The molecule has 0 atom stereocenters. The van der Waals surface area contributed by atoms with Crippen LogP contribution in [0.4, 0.5) is 5.82 Å². The third-order valence-corrected chi connectivity index (χ3v) is 5.57. The molecule has 10 heteroatoms. The molecule has 0 saturated carbocycles. The number of amides is 1. The molecule has 0 radical (unpaired) electrons. The second-order valence-electron chi connectivity index (χ2n) is 6.93. The minimum Gasteiger partial charge on any atom is -0.356 e. The average molecular weight is 414 g/mol. The number of fused-ring (bicyclic) bond motifs is 1. The first-order chi connectivity index (χ1) is 14.1. The lowest BCUT2D eigenvalue weighted by atomic mass is 10.2. The number of pyridine rings is 1. The standard InChI is InChI=1S/C19H23N7O2S/c1-24-8-5-6-13(18(24)28)17(27)20-7-11-26-16-14(12-21-26)15(22-19(23-16)29-2)25-9-3-4-10-25/h5-6,8,12H,3-4,7,9-11H2,1-2H3,(H,20,27). The van der Waals surface area contributed by atoms with Gasteiger partial charge in [-0.15, -0.1) is 0 Å². The molecule has 1 N–H and O–H groups in total. The predicted molar refractivity (Wildman–Crippen MR) is 113 cm³/mol. The van der Waals surface area contributed by atoms with Gasteiger partial charge in [-0.2, -0.15) is 5.10 Å². The van der Waals surface area contributed by atoms with Crippen LogP contribution in [0.5, 0.6) is 0 Å². The summed E-state index contributed by atoms with van der Waals surface area (Å²) in [5, 5.41) is 8.89. The summed E-state index contributed by atoms with van der Waals surface area (Å²) >= 11 is 1.50. The molecule has 0 bridgehead atoms. The first kappa shape index (κ1) is 19.4. The van der Waals surface area contributed by atoms with Crippen molar-refractivity contribution in [2.45, 2.75) is 24.5 Å². The van der Waals surface area contributed by atoms with Crippen molar-refractivity contribution in [2.75, 3.05) is 30.8 Å². The highest BCUT2D eigenvalue weighted by Crippen LogP contribution is 2.28. The number of hydrogen-bond acceptors (Lipinski definition) is 7. The summed E-state index contributed by atoms with van der Waals surface area (Å²) in [6.45, 7) is 2.78. The van der Waals surface area contributed by atoms with E-state index in [2.05, 4.69) is 20.3 Å². The second-order valence-corrected chi connectivity index (χ2v) is 7.70. The summed E-state index contributed by atoms with van der Waals surface area (Å²) in [6.07, 6.45) is 7.70. The first-order valence-electron chi connectivity index (χ1n) is 9.55. The molecule has 4 heterocycles. The first-order valence-corrected chi connectivity index (χ1v) is 10.8. The number of aryl methyl sites for hydroxylation is 1. The number of hydrogen-bond donors (Lipinski definition) is 1. The molecular formula is C19H23N7O2S. The van der Waals surface area contributed by atoms with Gasteiger partial charge in [-0.25, -0.2) is 14.6 Å². The Morgan fingerprint density at radius 1 is 1.28 bits per heavy atom. The molecule has 29 heavy (non-hydrogen) atoms. The number of nitrogens with one attached hydrogen (secondary N) is 1. The van der Waals surface area contributed by atoms with Crippen molar-refractivity contribution in [3.63, 3.8) is 0 Å². The van der Waals surface area contributed by atoms with Crippen molar-refractivity contribution in [3.8, 4) is 0 Å². The van der Waals surface area contributed by atoms with Crippen LogP contribution in [0, 0.1) is 0 Å². The molecule has 9 nitrogen and oxygen atoms in total. The number of aromatic nitrogens is 5. The number of thioether (sulfide) groups is 1. The monoisotopic (exact) mass is 413 g/mol. The summed E-state index contributed by atoms with van der Waals surface area (Å²) in [5.74, 6) is 0.541. The van der Waals surface area contributed by atoms with Gasteiger partial charge in [-0.3, -0.25) is 9.59 Å². The van der Waals surface area contributed by atoms with Crippen molar-refractivity contribution in [1.82, 2.24) is 29.6 Å². The van der Waals surface area contributed by atoms with Crippen LogP contribution in [0.2, 0.25) is 0 Å². The van der Waals surface area contributed by atoms with Crippen LogP contribution in [0.15, 0.2) is 34.5 Å². The minimum absolute atomic E-state index is 0.128. The van der Waals surface area contributed by atoms with E-state index in [1.165, 1.54) is 35.2 Å². The summed E-state index contributed by atoms with van der Waals surface area (Å²) < 4.78 is 3.16. The molecular weight excluding hydrogens is 390 g/mol. The summed E-state index contributed by atoms with van der Waals surface area (Å²) in [6, 6.07) is 3.21. The van der Waals surface area contributed by atoms with Gasteiger partial charge in [0.25, 0.3) is 11.5 Å². The quantitative estimate of drug-likeness (QED) is 0.480. The van der Waals surface area contributed by atoms with Crippen molar-refractivity contribution >= 4 is 34.5 Å². The maximum absolute atomic E-state index is 12.3. The summed E-state index contributed by atoms with van der Waals surface area (Å²) in [4.78, 5) is 36.0. The van der Waals surface area contributed by atoms with Crippen molar-refractivity contribution < 1.29 is 4.79 Å². The Balaban J connectivity index is 1.52. The highest BCUT2D eigenvalue weighted by atomic mass is 32.2. The molecule has 1 saturated heterocycles. The van der Waals surface area contributed by atoms with E-state index < -0.39 is 0 Å². The molecule has 1 aliphatic heterocycles. The SMILES string of the molecule is CSc1nc(N2CCCC2)c2cnn(CCNC(=O)c3cccn(C)c3=O)c2n1. The Hall–Kier alpha value is -2.88. The molecule has 152 valence electrons. The van der Waals surface area contributed by atoms with Gasteiger partial charge in [-0.05, 0) is 31.2 Å². The molecule has 1 amide bonds. The fraction of sp³-hybridized carbons (Fsp3) is 0.421. The number of rotatable bonds is 6. The molecule has 3 aromatic rings. The Bertz CT molecular complexity index is 1100. The number of carbonyl (C=O) groups excluding carboxylic acids is 1. The topological polar surface area (TPSA) is 97.9 Å². The molecule has 0 spiro atoms. The Morgan fingerprint density at radius 3 is 2.83 bits per heavy atom. The highest BCUT2D eigenvalue weighted by Gasteiger charge is 2.20. The van der Waals surface area contributed by atoms with E-state index in [1.807, 2.05) is 6.26 Å². The number of nitrogens with zero attached hydrogens (tertiary/aromatic N) is 6. The van der Waals surface area contributed by atoms with E-state index in [1.54, 1.807) is 30.2 Å². The van der Waals surface area contributed by atoms with E-state index in [-0.39, 0.29) is 17.0 Å². The molecule has 1 aliphatic rings. The van der Waals surface area contributed by atoms with Gasteiger partial charge in [0.1, 0.15) is 11.4 Å². The minimum atomic E-state index is -0.389. The van der Waals surface area contributed by atoms with Gasteiger partial charge in [0.15, 0.2) is 10.8 Å². The second kappa shape index (κ2) is 8.24. The Morgan fingerprint density at radius 2 is 2.07 bits per heavy atom. The Labute approximate surface area is 172 Å². The van der Waals surface area contributed by atoms with Gasteiger partial charge in [0, 0.05) is 32.9 Å². The highest BCUT2D eigenvalue weighted by molar-refractivity contribution is 7.98. The summed E-state index contributed by atoms with van der Waals surface area (Å²) in [5.41, 5.74) is 0.571. The smallest absolute Gasteiger partial charge is 0.263 e. The lowest BCUT2D eigenvalue weighted by Crippen LogP contribution is -2.33. The fourth-order valence-corrected chi connectivity index (χ4v) is 3.84. The lowest BCUT2D eigenvalue weighted by Gasteiger charge is -2.17. The summed E-state index contributed by atoms with van der Waals surface area (Å²) in [7, 11) is 1.62. The molecule has 0 aliphatic carbocycles. The zero-order valence-corrected chi connectivity index (χ0v) is 17.3. The van der Waals surface area contributed by atoms with Gasteiger partial charge in [-0.1, -0.05) is 11.8 Å². The van der Waals surface area contributed by atoms with E-state index in [0.717, 1.165) is 29.9 Å². The Kier molecular flexibility index (Phi) is 5.52. The van der Waals surface area contributed by atoms with Crippen LogP contribution in [-0.4, -0.2) is 56.1 Å². The van der Waals surface area contributed by atoms with Crippen LogP contribution in [-0.2, 0) is 13.6 Å². The van der Waals surface area contributed by atoms with Gasteiger partial charge in [0.2, 0.25) is 0 Å². The fourth-order valence-electron chi connectivity index (χ4n) is 3.49. The zero-order chi connectivity index (χ0) is 20.4. The average Bonchev–Trinajstić information content (AvgIpc) is 3.39. The zero-order valence-electron chi connectivity index (χ0n) is 16.5. The molecule has 0 aromatic carbocycles. The van der Waals surface area contributed by atoms with Gasteiger partial charge < -0.3 is 14.8 Å². The molecule has 1 fully saturated rings.